The lowest BCUT2D eigenvalue weighted by atomic mass is 10.0. The number of esters is 1. The molecule has 0 atom stereocenters. The number of thioether (sulfide) groups is 1. The highest BCUT2D eigenvalue weighted by Gasteiger charge is 2.16. The number of amides is 1. The number of hydrogen-bond donors (Lipinski definition) is 1. The van der Waals surface area contributed by atoms with Crippen molar-refractivity contribution in [1.29, 1.82) is 0 Å². The summed E-state index contributed by atoms with van der Waals surface area (Å²) in [6.07, 6.45) is 3.21. The fraction of sp³-hybridized carbons (Fsp3) is 0.111. The van der Waals surface area contributed by atoms with Gasteiger partial charge in [0.15, 0.2) is 4.34 Å². The minimum atomic E-state index is -0.353. The van der Waals surface area contributed by atoms with Crippen molar-refractivity contribution in [1.82, 2.24) is 10.2 Å². The van der Waals surface area contributed by atoms with E-state index in [0.29, 0.717) is 20.8 Å². The molecule has 0 bridgehead atoms. The molecule has 138 valence electrons. The molecule has 0 unspecified atom stereocenters. The summed E-state index contributed by atoms with van der Waals surface area (Å²) < 4.78 is 10.5. The van der Waals surface area contributed by atoms with Crippen LogP contribution in [0.15, 0.2) is 57.5 Å². The van der Waals surface area contributed by atoms with Gasteiger partial charge in [0.05, 0.1) is 24.7 Å². The van der Waals surface area contributed by atoms with E-state index < -0.39 is 0 Å². The van der Waals surface area contributed by atoms with Gasteiger partial charge < -0.3 is 9.15 Å². The van der Waals surface area contributed by atoms with E-state index in [9.17, 15) is 9.59 Å². The summed E-state index contributed by atoms with van der Waals surface area (Å²) in [7, 11) is 1.32. The second kappa shape index (κ2) is 9.15. The third-order valence-corrected chi connectivity index (χ3v) is 5.27. The zero-order valence-electron chi connectivity index (χ0n) is 14.2. The quantitative estimate of drug-likeness (QED) is 0.280. The van der Waals surface area contributed by atoms with Gasteiger partial charge in [-0.2, -0.15) is 0 Å². The van der Waals surface area contributed by atoms with E-state index in [4.69, 9.17) is 4.42 Å². The third kappa shape index (κ3) is 5.28. The van der Waals surface area contributed by atoms with Crippen LogP contribution in [0.4, 0.5) is 5.13 Å². The van der Waals surface area contributed by atoms with Crippen molar-refractivity contribution < 1.29 is 18.7 Å². The number of hydrogen-bond acceptors (Lipinski definition) is 8. The van der Waals surface area contributed by atoms with Gasteiger partial charge >= 0.3 is 5.97 Å². The van der Waals surface area contributed by atoms with Crippen LogP contribution in [0.5, 0.6) is 0 Å². The summed E-state index contributed by atoms with van der Waals surface area (Å²) in [6.45, 7) is 0. The lowest BCUT2D eigenvalue weighted by molar-refractivity contribution is -0.137. The Morgan fingerprint density at radius 2 is 2.04 bits per heavy atom. The van der Waals surface area contributed by atoms with E-state index in [2.05, 4.69) is 20.3 Å². The molecule has 27 heavy (non-hydrogen) atoms. The normalized spacial score (nSPS) is 11.2. The summed E-state index contributed by atoms with van der Waals surface area (Å²) in [5, 5.41) is 11.0. The Kier molecular flexibility index (Phi) is 6.39. The summed E-state index contributed by atoms with van der Waals surface area (Å²) in [5.74, 6) is 0.00890. The smallest absolute Gasteiger partial charge is 0.316 e. The lowest BCUT2D eigenvalue weighted by Gasteiger charge is -2.06. The number of furan rings is 1. The number of methoxy groups -OCH3 is 1. The van der Waals surface area contributed by atoms with Crippen LogP contribution >= 0.6 is 23.1 Å². The van der Waals surface area contributed by atoms with E-state index in [1.165, 1.54) is 30.2 Å². The Labute approximate surface area is 163 Å². The Morgan fingerprint density at radius 3 is 2.74 bits per heavy atom. The molecule has 1 aromatic carbocycles. The Bertz CT molecular complexity index is 937. The molecular formula is C18H15N3O4S2. The number of anilines is 1. The first-order valence-electron chi connectivity index (χ1n) is 7.81. The van der Waals surface area contributed by atoms with Gasteiger partial charge in [0.2, 0.25) is 5.13 Å². The molecule has 1 N–H and O–H groups in total. The average Bonchev–Trinajstić information content (AvgIpc) is 3.36. The third-order valence-electron chi connectivity index (χ3n) is 3.33. The number of ether oxygens (including phenoxy) is 1. The number of carbonyl (C=O) groups is 2. The molecule has 0 spiro atoms. The lowest BCUT2D eigenvalue weighted by Crippen LogP contribution is -2.13. The molecule has 2 heterocycles. The molecule has 0 saturated carbocycles. The van der Waals surface area contributed by atoms with Crippen molar-refractivity contribution in [2.75, 3.05) is 18.2 Å². The fourth-order valence-corrected chi connectivity index (χ4v) is 3.66. The average molecular weight is 401 g/mol. The molecular weight excluding hydrogens is 386 g/mol. The van der Waals surface area contributed by atoms with Gasteiger partial charge in [0.1, 0.15) is 5.76 Å². The van der Waals surface area contributed by atoms with E-state index in [0.717, 1.165) is 5.56 Å². The Morgan fingerprint density at radius 1 is 1.22 bits per heavy atom. The summed E-state index contributed by atoms with van der Waals surface area (Å²) >= 11 is 2.38. The van der Waals surface area contributed by atoms with Gasteiger partial charge in [0.25, 0.3) is 5.91 Å². The van der Waals surface area contributed by atoms with Crippen LogP contribution < -0.4 is 5.32 Å². The van der Waals surface area contributed by atoms with Crippen molar-refractivity contribution in [3.8, 4) is 0 Å². The van der Waals surface area contributed by atoms with Crippen LogP contribution in [0.25, 0.3) is 11.6 Å². The molecule has 9 heteroatoms. The highest BCUT2D eigenvalue weighted by atomic mass is 32.2. The molecule has 0 aliphatic heterocycles. The standard InChI is InChI=1S/C18H15N3O4S2/c1-24-15(22)11-26-18-21-20-17(27-18)19-16(23)14(10-13-8-5-9-25-13)12-6-3-2-4-7-12/h2-10H,11H2,1H3,(H,19,20,23)/b14-10+. The summed E-state index contributed by atoms with van der Waals surface area (Å²) in [5.41, 5.74) is 1.18. The van der Waals surface area contributed by atoms with Crippen LogP contribution in [-0.2, 0) is 14.3 Å². The predicted molar refractivity (Wildman–Crippen MR) is 104 cm³/mol. The molecule has 7 nitrogen and oxygen atoms in total. The maximum atomic E-state index is 12.8. The first-order chi connectivity index (χ1) is 13.2. The highest BCUT2D eigenvalue weighted by molar-refractivity contribution is 8.01. The van der Waals surface area contributed by atoms with Gasteiger partial charge in [-0.25, -0.2) is 0 Å². The number of nitrogens with one attached hydrogen (secondary N) is 1. The zero-order valence-corrected chi connectivity index (χ0v) is 15.9. The van der Waals surface area contributed by atoms with E-state index in [1.54, 1.807) is 24.5 Å². The Hall–Kier alpha value is -2.91. The fourth-order valence-electron chi connectivity index (χ4n) is 2.08. The van der Waals surface area contributed by atoms with Crippen LogP contribution in [-0.4, -0.2) is 34.9 Å². The predicted octanol–water partition coefficient (Wildman–Crippen LogP) is 3.58. The number of benzene rings is 1. The zero-order chi connectivity index (χ0) is 19.1. The van der Waals surface area contributed by atoms with Gasteiger partial charge in [-0.05, 0) is 23.8 Å². The second-order valence-electron chi connectivity index (χ2n) is 5.13. The summed E-state index contributed by atoms with van der Waals surface area (Å²) in [4.78, 5) is 24.0. The van der Waals surface area contributed by atoms with Crippen molar-refractivity contribution in [2.45, 2.75) is 4.34 Å². The topological polar surface area (TPSA) is 94.3 Å². The SMILES string of the molecule is COC(=O)CSc1nnc(NC(=O)/C(=C/c2ccco2)c2ccccc2)s1. The summed E-state index contributed by atoms with van der Waals surface area (Å²) in [6, 6.07) is 12.8. The molecule has 0 aliphatic carbocycles. The molecule has 0 aliphatic rings. The largest absolute Gasteiger partial charge is 0.468 e. The van der Waals surface area contributed by atoms with Crippen LogP contribution in [0.2, 0.25) is 0 Å². The molecule has 2 aromatic heterocycles. The van der Waals surface area contributed by atoms with Crippen molar-refractivity contribution in [3.05, 3.63) is 60.1 Å². The van der Waals surface area contributed by atoms with Gasteiger partial charge in [-0.15, -0.1) is 10.2 Å². The minimum Gasteiger partial charge on any atom is -0.468 e. The number of aromatic nitrogens is 2. The first-order valence-corrected chi connectivity index (χ1v) is 9.61. The van der Waals surface area contributed by atoms with Crippen LogP contribution in [0, 0.1) is 0 Å². The highest BCUT2D eigenvalue weighted by Crippen LogP contribution is 2.27. The first kappa shape index (κ1) is 18.9. The monoisotopic (exact) mass is 401 g/mol. The maximum Gasteiger partial charge on any atom is 0.316 e. The minimum absolute atomic E-state index is 0.132. The molecule has 0 fully saturated rings. The number of carbonyl (C=O) groups excluding carboxylic acids is 2. The van der Waals surface area contributed by atoms with Crippen molar-refractivity contribution in [2.24, 2.45) is 0 Å². The van der Waals surface area contributed by atoms with E-state index in [-0.39, 0.29) is 17.6 Å². The number of rotatable bonds is 7. The maximum absolute atomic E-state index is 12.8. The van der Waals surface area contributed by atoms with Gasteiger partial charge in [-0.1, -0.05) is 53.4 Å². The van der Waals surface area contributed by atoms with Crippen LogP contribution in [0.3, 0.4) is 0 Å². The molecule has 0 saturated heterocycles. The van der Waals surface area contributed by atoms with Crippen LogP contribution in [0.1, 0.15) is 11.3 Å². The molecule has 3 rings (SSSR count). The molecule has 1 amide bonds. The molecule has 3 aromatic rings. The molecule has 0 radical (unpaired) electrons. The van der Waals surface area contributed by atoms with Crippen molar-refractivity contribution >= 4 is 51.8 Å². The number of nitrogens with zero attached hydrogens (tertiary/aromatic N) is 2. The van der Waals surface area contributed by atoms with E-state index >= 15 is 0 Å². The second-order valence-corrected chi connectivity index (χ2v) is 7.33. The van der Waals surface area contributed by atoms with Crippen molar-refractivity contribution in [3.63, 3.8) is 0 Å². The Balaban J connectivity index is 1.76. The van der Waals surface area contributed by atoms with E-state index in [1.807, 2.05) is 30.3 Å². The van der Waals surface area contributed by atoms with Gasteiger partial charge in [0, 0.05) is 0 Å². The van der Waals surface area contributed by atoms with Gasteiger partial charge in [-0.3, -0.25) is 14.9 Å².